The average molecular weight is 222 g/mol. The van der Waals surface area contributed by atoms with Crippen LogP contribution in [0.15, 0.2) is 23.0 Å². The molecule has 0 aromatic carbocycles. The minimum Gasteiger partial charge on any atom is -0.430 e. The number of ketones is 1. The molecular weight excluding hydrogens is 204 g/mol. The summed E-state index contributed by atoms with van der Waals surface area (Å²) in [6.07, 6.45) is 4.87. The van der Waals surface area contributed by atoms with Crippen LogP contribution in [0.4, 0.5) is 0 Å². The van der Waals surface area contributed by atoms with Crippen LogP contribution in [0.3, 0.4) is 0 Å². The first kappa shape index (κ1) is 12.7. The molecule has 0 fully saturated rings. The fourth-order valence-corrected chi connectivity index (χ4v) is 1.71. The minimum atomic E-state index is -0.357. The molecule has 3 heteroatoms. The van der Waals surface area contributed by atoms with Gasteiger partial charge in [0.1, 0.15) is 5.76 Å². The first-order valence-electron chi connectivity index (χ1n) is 5.66. The number of allylic oxidation sites excluding steroid dienone is 4. The monoisotopic (exact) mass is 222 g/mol. The van der Waals surface area contributed by atoms with Crippen LogP contribution in [0.5, 0.6) is 0 Å². The van der Waals surface area contributed by atoms with Crippen molar-refractivity contribution < 1.29 is 14.3 Å². The van der Waals surface area contributed by atoms with Crippen molar-refractivity contribution in [3.63, 3.8) is 0 Å². The Hall–Kier alpha value is -1.38. The number of carbonyl (C=O) groups is 2. The zero-order valence-corrected chi connectivity index (χ0v) is 10.1. The van der Waals surface area contributed by atoms with E-state index in [2.05, 4.69) is 6.92 Å². The Morgan fingerprint density at radius 1 is 1.50 bits per heavy atom. The van der Waals surface area contributed by atoms with Crippen LogP contribution in [-0.4, -0.2) is 11.8 Å². The number of ether oxygens (including phenoxy) is 1. The predicted molar refractivity (Wildman–Crippen MR) is 61.7 cm³/mol. The predicted octanol–water partition coefficient (Wildman–Crippen LogP) is 2.91. The number of hydrogen-bond donors (Lipinski definition) is 0. The number of rotatable bonds is 4. The molecular formula is C13H18O3. The molecule has 88 valence electrons. The molecule has 0 N–H and O–H groups in total. The number of unbranched alkanes of at least 4 members (excludes halogenated alkanes) is 1. The van der Waals surface area contributed by atoms with Crippen molar-refractivity contribution in [1.82, 2.24) is 0 Å². The van der Waals surface area contributed by atoms with Crippen molar-refractivity contribution in [1.29, 1.82) is 0 Å². The molecule has 0 saturated carbocycles. The minimum absolute atomic E-state index is 0.0600. The molecule has 16 heavy (non-hydrogen) atoms. The molecule has 0 aliphatic heterocycles. The Balaban J connectivity index is 2.92. The topological polar surface area (TPSA) is 43.4 Å². The zero-order chi connectivity index (χ0) is 12.1. The highest BCUT2D eigenvalue weighted by molar-refractivity contribution is 6.03. The smallest absolute Gasteiger partial charge is 0.307 e. The van der Waals surface area contributed by atoms with Gasteiger partial charge in [-0.05, 0) is 19.4 Å². The van der Waals surface area contributed by atoms with Gasteiger partial charge < -0.3 is 4.74 Å². The maximum Gasteiger partial charge on any atom is 0.307 e. The van der Waals surface area contributed by atoms with Gasteiger partial charge in [0.2, 0.25) is 0 Å². The molecule has 0 atom stereocenters. The van der Waals surface area contributed by atoms with Crippen molar-refractivity contribution >= 4 is 11.8 Å². The molecule has 0 spiro atoms. The molecule has 0 heterocycles. The molecule has 0 amide bonds. The summed E-state index contributed by atoms with van der Waals surface area (Å²) in [6, 6.07) is 0. The van der Waals surface area contributed by atoms with Gasteiger partial charge in [-0.3, -0.25) is 9.59 Å². The summed E-state index contributed by atoms with van der Waals surface area (Å²) in [7, 11) is 0. The third-order valence-electron chi connectivity index (χ3n) is 2.46. The van der Waals surface area contributed by atoms with Gasteiger partial charge in [0.15, 0.2) is 5.78 Å². The van der Waals surface area contributed by atoms with E-state index in [-0.39, 0.29) is 11.8 Å². The molecule has 0 aromatic rings. The van der Waals surface area contributed by atoms with E-state index in [9.17, 15) is 9.59 Å². The van der Waals surface area contributed by atoms with Gasteiger partial charge in [0.25, 0.3) is 0 Å². The van der Waals surface area contributed by atoms with Crippen LogP contribution in [0.1, 0.15) is 46.5 Å². The van der Waals surface area contributed by atoms with E-state index >= 15 is 0 Å². The van der Waals surface area contributed by atoms with Gasteiger partial charge >= 0.3 is 5.97 Å². The number of Topliss-reactive ketones (excluding diaryl/α,β-unsaturated/α-hetero) is 1. The first-order chi connectivity index (χ1) is 7.54. The molecule has 3 nitrogen and oxygen atoms in total. The summed E-state index contributed by atoms with van der Waals surface area (Å²) in [5.41, 5.74) is 1.61. The van der Waals surface area contributed by atoms with Gasteiger partial charge in [0.05, 0.1) is 5.57 Å². The van der Waals surface area contributed by atoms with Crippen LogP contribution in [0.25, 0.3) is 0 Å². The highest BCUT2D eigenvalue weighted by atomic mass is 16.5. The second-order valence-electron chi connectivity index (χ2n) is 4.12. The first-order valence-corrected chi connectivity index (χ1v) is 5.66. The summed E-state index contributed by atoms with van der Waals surface area (Å²) in [4.78, 5) is 22.6. The SMILES string of the molecule is CCCC/C(OC(C)=O)=C1\C=C(C)CC1=O. The molecule has 0 bridgehead atoms. The largest absolute Gasteiger partial charge is 0.430 e. The fraction of sp³-hybridized carbons (Fsp3) is 0.538. The lowest BCUT2D eigenvalue weighted by molar-refractivity contribution is -0.137. The molecule has 0 radical (unpaired) electrons. The van der Waals surface area contributed by atoms with Crippen molar-refractivity contribution in [3.8, 4) is 0 Å². The Kier molecular flexibility index (Phi) is 4.47. The maximum absolute atomic E-state index is 11.7. The van der Waals surface area contributed by atoms with Crippen molar-refractivity contribution in [3.05, 3.63) is 23.0 Å². The van der Waals surface area contributed by atoms with E-state index in [4.69, 9.17) is 4.74 Å². The standard InChI is InChI=1S/C13H18O3/c1-4-5-6-13(16-10(3)14)11-7-9(2)8-12(11)15/h7H,4-6,8H2,1-3H3/b13-11-. The summed E-state index contributed by atoms with van der Waals surface area (Å²) >= 11 is 0. The van der Waals surface area contributed by atoms with E-state index in [0.29, 0.717) is 24.2 Å². The third kappa shape index (κ3) is 3.33. The summed E-state index contributed by atoms with van der Waals surface area (Å²) < 4.78 is 5.13. The molecule has 1 aliphatic rings. The van der Waals surface area contributed by atoms with E-state index in [1.807, 2.05) is 13.0 Å². The number of hydrogen-bond acceptors (Lipinski definition) is 3. The normalized spacial score (nSPS) is 18.4. The molecule has 1 aliphatic carbocycles. The van der Waals surface area contributed by atoms with Gasteiger partial charge in [-0.25, -0.2) is 0 Å². The quantitative estimate of drug-likeness (QED) is 0.417. The summed E-state index contributed by atoms with van der Waals surface area (Å²) in [5.74, 6) is 0.241. The van der Waals surface area contributed by atoms with Crippen LogP contribution >= 0.6 is 0 Å². The summed E-state index contributed by atoms with van der Waals surface area (Å²) in [5, 5.41) is 0. The summed E-state index contributed by atoms with van der Waals surface area (Å²) in [6.45, 7) is 5.34. The Morgan fingerprint density at radius 2 is 2.19 bits per heavy atom. The lowest BCUT2D eigenvalue weighted by atomic mass is 10.1. The van der Waals surface area contributed by atoms with Gasteiger partial charge in [-0.2, -0.15) is 0 Å². The Labute approximate surface area is 96.2 Å². The number of carbonyl (C=O) groups excluding carboxylic acids is 2. The zero-order valence-electron chi connectivity index (χ0n) is 10.1. The average Bonchev–Trinajstić information content (AvgIpc) is 2.52. The lowest BCUT2D eigenvalue weighted by Crippen LogP contribution is -2.05. The maximum atomic E-state index is 11.7. The third-order valence-corrected chi connectivity index (χ3v) is 2.46. The molecule has 1 rings (SSSR count). The molecule has 0 saturated heterocycles. The van der Waals surface area contributed by atoms with Crippen molar-refractivity contribution in [2.45, 2.75) is 46.5 Å². The van der Waals surface area contributed by atoms with Crippen LogP contribution < -0.4 is 0 Å². The van der Waals surface area contributed by atoms with Crippen LogP contribution in [0.2, 0.25) is 0 Å². The highest BCUT2D eigenvalue weighted by Gasteiger charge is 2.21. The van der Waals surface area contributed by atoms with E-state index in [0.717, 1.165) is 18.4 Å². The van der Waals surface area contributed by atoms with Gasteiger partial charge in [-0.15, -0.1) is 0 Å². The second kappa shape index (κ2) is 5.64. The molecule has 0 aromatic heterocycles. The van der Waals surface area contributed by atoms with Crippen LogP contribution in [-0.2, 0) is 14.3 Å². The van der Waals surface area contributed by atoms with E-state index in [1.165, 1.54) is 6.92 Å². The second-order valence-corrected chi connectivity index (χ2v) is 4.12. The van der Waals surface area contributed by atoms with E-state index < -0.39 is 0 Å². The van der Waals surface area contributed by atoms with Crippen molar-refractivity contribution in [2.24, 2.45) is 0 Å². The van der Waals surface area contributed by atoms with Gasteiger partial charge in [0, 0.05) is 19.8 Å². The fourth-order valence-electron chi connectivity index (χ4n) is 1.71. The highest BCUT2D eigenvalue weighted by Crippen LogP contribution is 2.25. The Bertz CT molecular complexity index is 361. The van der Waals surface area contributed by atoms with Crippen LogP contribution in [0, 0.1) is 0 Å². The Morgan fingerprint density at radius 3 is 2.62 bits per heavy atom. The van der Waals surface area contributed by atoms with Crippen molar-refractivity contribution in [2.75, 3.05) is 0 Å². The molecule has 0 unspecified atom stereocenters. The lowest BCUT2D eigenvalue weighted by Gasteiger charge is -2.08. The number of esters is 1. The van der Waals surface area contributed by atoms with E-state index in [1.54, 1.807) is 0 Å². The van der Waals surface area contributed by atoms with Gasteiger partial charge in [-0.1, -0.05) is 18.9 Å².